The van der Waals surface area contributed by atoms with Crippen molar-refractivity contribution in [3.63, 3.8) is 0 Å². The van der Waals surface area contributed by atoms with Crippen molar-refractivity contribution in [2.45, 2.75) is 30.8 Å². The van der Waals surface area contributed by atoms with Gasteiger partial charge in [-0.3, -0.25) is 4.79 Å². The third-order valence-electron chi connectivity index (χ3n) is 6.03. The Hall–Kier alpha value is -3.18. The summed E-state index contributed by atoms with van der Waals surface area (Å²) in [5, 5.41) is 3.92. The molecule has 2 aromatic carbocycles. The quantitative estimate of drug-likeness (QED) is 0.446. The van der Waals surface area contributed by atoms with E-state index in [0.717, 1.165) is 5.56 Å². The number of rotatable bonds is 8. The number of carbonyl (C=O) groups excluding carboxylic acids is 1. The van der Waals surface area contributed by atoms with E-state index in [1.54, 1.807) is 38.3 Å². The standard InChI is InChI=1S/C24H26N2O7S2/c1-3-35(30,31)21-10-6-18(7-11-21)23-14-22(25-33-23)24(27)26(19-12-13-34(28,29)16-19)15-17-4-8-20(32-2)9-5-17/h4-11,14,19H,3,12-13,15-16H2,1-2H3. The molecule has 0 aliphatic carbocycles. The maximum Gasteiger partial charge on any atom is 0.276 e. The Bertz CT molecular complexity index is 1410. The van der Waals surface area contributed by atoms with Crippen molar-refractivity contribution in [2.24, 2.45) is 0 Å². The molecule has 0 bridgehead atoms. The lowest BCUT2D eigenvalue weighted by molar-refractivity contribution is 0.0670. The largest absolute Gasteiger partial charge is 0.497 e. The van der Waals surface area contributed by atoms with Gasteiger partial charge in [0.1, 0.15) is 5.75 Å². The summed E-state index contributed by atoms with van der Waals surface area (Å²) < 4.78 is 58.9. The van der Waals surface area contributed by atoms with E-state index in [4.69, 9.17) is 9.26 Å². The topological polar surface area (TPSA) is 124 Å². The van der Waals surface area contributed by atoms with Crippen LogP contribution in [0, 0.1) is 0 Å². The number of benzene rings is 2. The molecule has 0 N–H and O–H groups in total. The van der Waals surface area contributed by atoms with E-state index in [0.29, 0.717) is 23.5 Å². The molecule has 9 nitrogen and oxygen atoms in total. The number of hydrogen-bond acceptors (Lipinski definition) is 8. The molecule has 4 rings (SSSR count). The molecule has 1 aliphatic rings. The fourth-order valence-electron chi connectivity index (χ4n) is 3.97. The molecule has 1 atom stereocenters. The van der Waals surface area contributed by atoms with Gasteiger partial charge in [0.05, 0.1) is 29.3 Å². The smallest absolute Gasteiger partial charge is 0.276 e. The SMILES string of the molecule is CCS(=O)(=O)c1ccc(-c2cc(C(=O)N(Cc3ccc(OC)cc3)C3CCS(=O)(=O)C3)no2)cc1. The van der Waals surface area contributed by atoms with Gasteiger partial charge >= 0.3 is 0 Å². The number of methoxy groups -OCH3 is 1. The van der Waals surface area contributed by atoms with E-state index in [-0.39, 0.29) is 34.4 Å². The van der Waals surface area contributed by atoms with E-state index in [9.17, 15) is 21.6 Å². The van der Waals surface area contributed by atoms with Gasteiger partial charge in [-0.15, -0.1) is 0 Å². The first-order chi connectivity index (χ1) is 16.6. The number of amides is 1. The van der Waals surface area contributed by atoms with Crippen LogP contribution in [0.15, 0.2) is 64.0 Å². The van der Waals surface area contributed by atoms with Gasteiger partial charge in [-0.05, 0) is 48.4 Å². The Morgan fingerprint density at radius 2 is 1.83 bits per heavy atom. The minimum absolute atomic E-state index is 0.00573. The molecule has 1 saturated heterocycles. The zero-order chi connectivity index (χ0) is 25.2. The fourth-order valence-corrected chi connectivity index (χ4v) is 6.58. The Labute approximate surface area is 204 Å². The van der Waals surface area contributed by atoms with E-state index in [1.807, 2.05) is 12.1 Å². The van der Waals surface area contributed by atoms with Gasteiger partial charge in [-0.2, -0.15) is 0 Å². The van der Waals surface area contributed by atoms with Gasteiger partial charge < -0.3 is 14.2 Å². The van der Waals surface area contributed by atoms with Crippen molar-refractivity contribution < 1.29 is 30.9 Å². The third-order valence-corrected chi connectivity index (χ3v) is 9.53. The molecule has 11 heteroatoms. The van der Waals surface area contributed by atoms with E-state index >= 15 is 0 Å². The molecule has 35 heavy (non-hydrogen) atoms. The molecule has 1 aliphatic heterocycles. The molecule has 1 unspecified atom stereocenters. The van der Waals surface area contributed by atoms with Crippen LogP contribution >= 0.6 is 0 Å². The summed E-state index contributed by atoms with van der Waals surface area (Å²) in [5.41, 5.74) is 1.43. The summed E-state index contributed by atoms with van der Waals surface area (Å²) in [6, 6.07) is 14.4. The van der Waals surface area contributed by atoms with Gasteiger partial charge in [0.25, 0.3) is 5.91 Å². The number of hydrogen-bond donors (Lipinski definition) is 0. The minimum Gasteiger partial charge on any atom is -0.497 e. The van der Waals surface area contributed by atoms with Crippen LogP contribution in [0.25, 0.3) is 11.3 Å². The predicted octanol–water partition coefficient (Wildman–Crippen LogP) is 2.97. The van der Waals surface area contributed by atoms with Gasteiger partial charge in [0.15, 0.2) is 31.1 Å². The summed E-state index contributed by atoms with van der Waals surface area (Å²) in [4.78, 5) is 15.2. The second-order valence-corrected chi connectivity index (χ2v) is 12.8. The fraction of sp³-hybridized carbons (Fsp3) is 0.333. The molecular formula is C24H26N2O7S2. The minimum atomic E-state index is -3.33. The highest BCUT2D eigenvalue weighted by atomic mass is 32.2. The van der Waals surface area contributed by atoms with Crippen LogP contribution in [0.4, 0.5) is 0 Å². The summed E-state index contributed by atoms with van der Waals surface area (Å²) >= 11 is 0. The zero-order valence-electron chi connectivity index (χ0n) is 19.4. The average Bonchev–Trinajstić information content (AvgIpc) is 3.49. The van der Waals surface area contributed by atoms with Crippen molar-refractivity contribution in [3.8, 4) is 17.1 Å². The molecule has 0 saturated carbocycles. The third kappa shape index (κ3) is 5.57. The van der Waals surface area contributed by atoms with Crippen LogP contribution in [0.3, 0.4) is 0 Å². The molecule has 1 amide bonds. The maximum absolute atomic E-state index is 13.4. The van der Waals surface area contributed by atoms with E-state index < -0.39 is 31.6 Å². The Morgan fingerprint density at radius 3 is 2.40 bits per heavy atom. The van der Waals surface area contributed by atoms with Gasteiger partial charge in [-0.1, -0.05) is 24.2 Å². The molecule has 186 valence electrons. The van der Waals surface area contributed by atoms with E-state index in [1.165, 1.54) is 23.1 Å². The second kappa shape index (κ2) is 9.82. The van der Waals surface area contributed by atoms with Crippen molar-refractivity contribution in [1.29, 1.82) is 0 Å². The number of nitrogens with zero attached hydrogens (tertiary/aromatic N) is 2. The molecule has 0 radical (unpaired) electrons. The van der Waals surface area contributed by atoms with Gasteiger partial charge in [-0.25, -0.2) is 16.8 Å². The molecule has 1 fully saturated rings. The number of aromatic nitrogens is 1. The number of sulfone groups is 2. The highest BCUT2D eigenvalue weighted by molar-refractivity contribution is 7.91. The van der Waals surface area contributed by atoms with Crippen molar-refractivity contribution in [2.75, 3.05) is 24.4 Å². The number of ether oxygens (including phenoxy) is 1. The maximum atomic E-state index is 13.4. The van der Waals surface area contributed by atoms with Crippen LogP contribution < -0.4 is 4.74 Å². The average molecular weight is 519 g/mol. The van der Waals surface area contributed by atoms with Gasteiger partial charge in [0, 0.05) is 24.2 Å². The number of carbonyl (C=O) groups is 1. The first-order valence-electron chi connectivity index (χ1n) is 11.1. The summed E-state index contributed by atoms with van der Waals surface area (Å²) in [6.07, 6.45) is 0.350. The summed E-state index contributed by atoms with van der Waals surface area (Å²) in [7, 11) is -4.99. The lowest BCUT2D eigenvalue weighted by Gasteiger charge is -2.27. The molecule has 0 spiro atoms. The van der Waals surface area contributed by atoms with Crippen LogP contribution in [0.1, 0.15) is 29.4 Å². The predicted molar refractivity (Wildman–Crippen MR) is 130 cm³/mol. The first kappa shape index (κ1) is 24.9. The van der Waals surface area contributed by atoms with Crippen LogP contribution in [0.5, 0.6) is 5.75 Å². The normalized spacial score (nSPS) is 17.3. The highest BCUT2D eigenvalue weighted by Crippen LogP contribution is 2.26. The summed E-state index contributed by atoms with van der Waals surface area (Å²) in [6.45, 7) is 1.78. The summed E-state index contributed by atoms with van der Waals surface area (Å²) in [5.74, 6) is 0.455. The lowest BCUT2D eigenvalue weighted by Crippen LogP contribution is -2.40. The molecule has 2 heterocycles. The lowest BCUT2D eigenvalue weighted by atomic mass is 10.1. The van der Waals surface area contributed by atoms with Crippen molar-refractivity contribution >= 4 is 25.6 Å². The van der Waals surface area contributed by atoms with Crippen LogP contribution in [0.2, 0.25) is 0 Å². The van der Waals surface area contributed by atoms with Crippen LogP contribution in [-0.2, 0) is 26.2 Å². The second-order valence-electron chi connectivity index (χ2n) is 8.34. The van der Waals surface area contributed by atoms with Crippen molar-refractivity contribution in [3.05, 3.63) is 65.9 Å². The monoisotopic (exact) mass is 518 g/mol. The molecule has 1 aromatic heterocycles. The Kier molecular flexibility index (Phi) is 7.00. The Balaban J connectivity index is 1.59. The molecule has 3 aromatic rings. The van der Waals surface area contributed by atoms with Crippen LogP contribution in [-0.4, -0.2) is 63.2 Å². The Morgan fingerprint density at radius 1 is 1.14 bits per heavy atom. The van der Waals surface area contributed by atoms with E-state index in [2.05, 4.69) is 5.16 Å². The van der Waals surface area contributed by atoms with Crippen molar-refractivity contribution in [1.82, 2.24) is 10.1 Å². The van der Waals surface area contributed by atoms with Gasteiger partial charge in [0.2, 0.25) is 0 Å². The zero-order valence-corrected chi connectivity index (χ0v) is 21.0. The highest BCUT2D eigenvalue weighted by Gasteiger charge is 2.36. The molecular weight excluding hydrogens is 492 g/mol. The first-order valence-corrected chi connectivity index (χ1v) is 14.5.